The maximum atomic E-state index is 6.05. The molecule has 12 heavy (non-hydrogen) atoms. The lowest BCUT2D eigenvalue weighted by molar-refractivity contribution is 0.898. The van der Waals surface area contributed by atoms with Crippen LogP contribution in [0.3, 0.4) is 0 Å². The second-order valence-electron chi connectivity index (χ2n) is 2.87. The predicted octanol–water partition coefficient (Wildman–Crippen LogP) is 1.94. The van der Waals surface area contributed by atoms with Crippen molar-refractivity contribution in [3.05, 3.63) is 35.9 Å². The van der Waals surface area contributed by atoms with Crippen LogP contribution in [0, 0.1) is 0 Å². The summed E-state index contributed by atoms with van der Waals surface area (Å²) in [5, 5.41) is 0.0840. The Balaban J connectivity index is 2.71. The highest BCUT2D eigenvalue weighted by Crippen LogP contribution is 2.20. The van der Waals surface area contributed by atoms with Gasteiger partial charge in [-0.05, 0) is 11.1 Å². The summed E-state index contributed by atoms with van der Waals surface area (Å²) in [6.07, 6.45) is 0. The largest absolute Gasteiger partial charge is 0.125 e. The van der Waals surface area contributed by atoms with Gasteiger partial charge in [-0.1, -0.05) is 30.3 Å². The molecule has 1 rings (SSSR count). The Morgan fingerprint density at radius 3 is 2.33 bits per heavy atom. The molecule has 0 N–H and O–H groups in total. The van der Waals surface area contributed by atoms with E-state index in [9.17, 15) is 0 Å². The van der Waals surface area contributed by atoms with Gasteiger partial charge in [-0.15, -0.1) is 23.2 Å². The summed E-state index contributed by atoms with van der Waals surface area (Å²) in [5.74, 6) is 0.532. The highest BCUT2D eigenvalue weighted by Gasteiger charge is 2.14. The molecule has 2 unspecified atom stereocenters. The molecule has 1 aromatic rings. The van der Waals surface area contributed by atoms with Gasteiger partial charge in [0.1, 0.15) is 0 Å². The summed E-state index contributed by atoms with van der Waals surface area (Å²) in [6.45, 7) is 0. The van der Waals surface area contributed by atoms with E-state index < -0.39 is 0 Å². The summed E-state index contributed by atoms with van der Waals surface area (Å²) in [6, 6.07) is 10.3. The Kier molecular flexibility index (Phi) is 4.13. The van der Waals surface area contributed by atoms with Gasteiger partial charge < -0.3 is 0 Å². The lowest BCUT2D eigenvalue weighted by atomic mass is 10.1. The average molecular weight is 219 g/mol. The van der Waals surface area contributed by atoms with Crippen molar-refractivity contribution in [1.29, 1.82) is 0 Å². The third kappa shape index (κ3) is 2.51. The Labute approximate surface area is 86.3 Å². The minimum atomic E-state index is 0.0840. The molecule has 0 amide bonds. The van der Waals surface area contributed by atoms with Crippen LogP contribution in [-0.4, -0.2) is 21.5 Å². The first-order chi connectivity index (χ1) is 5.75. The SMILES string of the molecule is [SiH3]C(c1ccccc1)C(Cl)CCl. The number of halogens is 2. The van der Waals surface area contributed by atoms with E-state index in [4.69, 9.17) is 23.2 Å². The maximum absolute atomic E-state index is 6.05. The lowest BCUT2D eigenvalue weighted by Crippen LogP contribution is -2.14. The van der Waals surface area contributed by atoms with Crippen molar-refractivity contribution < 1.29 is 0 Å². The summed E-state index contributed by atoms with van der Waals surface area (Å²) in [4.78, 5) is 0. The Morgan fingerprint density at radius 2 is 1.83 bits per heavy atom. The fourth-order valence-corrected chi connectivity index (χ4v) is 2.43. The molecule has 0 aliphatic heterocycles. The van der Waals surface area contributed by atoms with Gasteiger partial charge in [-0.3, -0.25) is 0 Å². The summed E-state index contributed by atoms with van der Waals surface area (Å²) >= 11 is 11.7. The molecule has 66 valence electrons. The molecular weight excluding hydrogens is 207 g/mol. The minimum absolute atomic E-state index is 0.0840. The zero-order valence-corrected chi connectivity index (χ0v) is 10.5. The van der Waals surface area contributed by atoms with E-state index in [1.807, 2.05) is 18.2 Å². The number of hydrogen-bond acceptors (Lipinski definition) is 0. The Hall–Kier alpha value is 0.0169. The molecule has 0 heterocycles. The third-order valence-electron chi connectivity index (χ3n) is 2.02. The van der Waals surface area contributed by atoms with E-state index in [0.717, 1.165) is 10.2 Å². The predicted molar refractivity (Wildman–Crippen MR) is 59.5 cm³/mol. The van der Waals surface area contributed by atoms with E-state index in [2.05, 4.69) is 12.1 Å². The second kappa shape index (κ2) is 4.90. The highest BCUT2D eigenvalue weighted by atomic mass is 35.5. The molecule has 1 aromatic carbocycles. The van der Waals surface area contributed by atoms with E-state index in [1.165, 1.54) is 5.56 Å². The van der Waals surface area contributed by atoms with Crippen molar-refractivity contribution in [1.82, 2.24) is 0 Å². The Morgan fingerprint density at radius 1 is 1.25 bits per heavy atom. The summed E-state index contributed by atoms with van der Waals surface area (Å²) in [7, 11) is 1.05. The smallest absolute Gasteiger partial charge is 0.0506 e. The van der Waals surface area contributed by atoms with Gasteiger partial charge in [-0.25, -0.2) is 0 Å². The molecule has 0 fully saturated rings. The van der Waals surface area contributed by atoms with Crippen LogP contribution in [0.25, 0.3) is 0 Å². The molecule has 0 saturated carbocycles. The molecule has 3 heteroatoms. The zero-order valence-electron chi connectivity index (χ0n) is 7.00. The number of rotatable bonds is 3. The fourth-order valence-electron chi connectivity index (χ4n) is 1.10. The standard InChI is InChI=1S/C9H12Cl2Si/c10-6-8(11)9(12)7-4-2-1-3-5-7/h1-5,8-9H,6H2,12H3. The number of alkyl halides is 2. The van der Waals surface area contributed by atoms with Crippen LogP contribution in [0.2, 0.25) is 0 Å². The van der Waals surface area contributed by atoms with Crippen molar-refractivity contribution in [3.8, 4) is 0 Å². The lowest BCUT2D eigenvalue weighted by Gasteiger charge is -2.15. The van der Waals surface area contributed by atoms with Gasteiger partial charge in [0.05, 0.1) is 5.38 Å². The van der Waals surface area contributed by atoms with Crippen LogP contribution >= 0.6 is 23.2 Å². The fraction of sp³-hybridized carbons (Fsp3) is 0.333. The minimum Gasteiger partial charge on any atom is -0.125 e. The van der Waals surface area contributed by atoms with Gasteiger partial charge in [0, 0.05) is 16.1 Å². The molecule has 2 atom stereocenters. The molecule has 0 aromatic heterocycles. The topological polar surface area (TPSA) is 0 Å². The van der Waals surface area contributed by atoms with E-state index in [1.54, 1.807) is 0 Å². The molecule has 0 spiro atoms. The van der Waals surface area contributed by atoms with Gasteiger partial charge in [0.25, 0.3) is 0 Å². The van der Waals surface area contributed by atoms with Gasteiger partial charge in [0.15, 0.2) is 0 Å². The molecule has 0 aliphatic rings. The van der Waals surface area contributed by atoms with Crippen LogP contribution in [0.5, 0.6) is 0 Å². The maximum Gasteiger partial charge on any atom is 0.0506 e. The second-order valence-corrected chi connectivity index (χ2v) is 4.98. The summed E-state index contributed by atoms with van der Waals surface area (Å²) in [5.41, 5.74) is 1.77. The van der Waals surface area contributed by atoms with Crippen LogP contribution in [0.4, 0.5) is 0 Å². The zero-order chi connectivity index (χ0) is 8.97. The first-order valence-electron chi connectivity index (χ1n) is 4.00. The Bertz CT molecular complexity index is 225. The van der Waals surface area contributed by atoms with Crippen LogP contribution in [0.15, 0.2) is 30.3 Å². The first-order valence-corrected chi connectivity index (χ1v) is 6.13. The van der Waals surface area contributed by atoms with Gasteiger partial charge in [-0.2, -0.15) is 0 Å². The third-order valence-corrected chi connectivity index (χ3v) is 4.93. The van der Waals surface area contributed by atoms with E-state index in [0.29, 0.717) is 11.4 Å². The van der Waals surface area contributed by atoms with Crippen molar-refractivity contribution in [3.63, 3.8) is 0 Å². The highest BCUT2D eigenvalue weighted by molar-refractivity contribution is 6.31. The van der Waals surface area contributed by atoms with E-state index >= 15 is 0 Å². The van der Waals surface area contributed by atoms with Gasteiger partial charge >= 0.3 is 0 Å². The molecule has 0 saturated heterocycles. The van der Waals surface area contributed by atoms with E-state index in [-0.39, 0.29) is 5.38 Å². The average Bonchev–Trinajstić information content (AvgIpc) is 2.17. The number of hydrogen-bond donors (Lipinski definition) is 0. The number of benzene rings is 1. The molecular formula is C9H12Cl2Si. The molecule has 0 nitrogen and oxygen atoms in total. The van der Waals surface area contributed by atoms with Crippen LogP contribution < -0.4 is 0 Å². The quantitative estimate of drug-likeness (QED) is 0.538. The van der Waals surface area contributed by atoms with Crippen LogP contribution in [-0.2, 0) is 0 Å². The van der Waals surface area contributed by atoms with Gasteiger partial charge in [0.2, 0.25) is 0 Å². The van der Waals surface area contributed by atoms with Crippen LogP contribution in [0.1, 0.15) is 11.1 Å². The van der Waals surface area contributed by atoms with Crippen molar-refractivity contribution in [2.75, 3.05) is 5.88 Å². The van der Waals surface area contributed by atoms with Crippen molar-refractivity contribution >= 4 is 33.4 Å². The molecule has 0 radical (unpaired) electrons. The molecule has 0 bridgehead atoms. The molecule has 0 aliphatic carbocycles. The van der Waals surface area contributed by atoms with Crippen molar-refractivity contribution in [2.24, 2.45) is 0 Å². The first kappa shape index (κ1) is 10.1. The van der Waals surface area contributed by atoms with Crippen molar-refractivity contribution in [2.45, 2.75) is 10.9 Å². The monoisotopic (exact) mass is 218 g/mol. The summed E-state index contributed by atoms with van der Waals surface area (Å²) < 4.78 is 0. The normalized spacial score (nSPS) is 15.8.